The van der Waals surface area contributed by atoms with E-state index in [0.29, 0.717) is 6.54 Å². The highest BCUT2D eigenvalue weighted by Gasteiger charge is 2.25. The van der Waals surface area contributed by atoms with E-state index in [0.717, 1.165) is 0 Å². The predicted octanol–water partition coefficient (Wildman–Crippen LogP) is -0.970. The van der Waals surface area contributed by atoms with E-state index in [1.54, 1.807) is 6.92 Å². The first kappa shape index (κ1) is 15.6. The number of amides is 4. The van der Waals surface area contributed by atoms with E-state index in [9.17, 15) is 19.2 Å². The van der Waals surface area contributed by atoms with Crippen molar-refractivity contribution in [3.05, 3.63) is 0 Å². The molecule has 0 bridgehead atoms. The molecule has 9 heteroatoms. The fraction of sp³-hybridized carbons (Fsp3) is 0.545. The third-order valence-electron chi connectivity index (χ3n) is 2.37. The molecule has 0 fully saturated rings. The van der Waals surface area contributed by atoms with Crippen LogP contribution in [0.2, 0.25) is 0 Å². The van der Waals surface area contributed by atoms with Crippen LogP contribution in [0.15, 0.2) is 5.10 Å². The lowest BCUT2D eigenvalue weighted by Crippen LogP contribution is -2.45. The van der Waals surface area contributed by atoms with Crippen molar-refractivity contribution in [2.45, 2.75) is 32.8 Å². The molecule has 0 saturated heterocycles. The molecule has 1 atom stereocenters. The third-order valence-corrected chi connectivity index (χ3v) is 2.37. The molecule has 1 aliphatic rings. The van der Waals surface area contributed by atoms with Crippen LogP contribution in [0, 0.1) is 0 Å². The monoisotopic (exact) mass is 284 g/mol. The molecule has 0 spiro atoms. The molecule has 3 N–H and O–H groups in total. The van der Waals surface area contributed by atoms with E-state index in [1.165, 1.54) is 6.92 Å². The molecule has 1 rings (SSSR count). The Balaban J connectivity index is 2.47. The second-order valence-electron chi connectivity index (χ2n) is 3.99. The van der Waals surface area contributed by atoms with Gasteiger partial charge in [0.15, 0.2) is 6.10 Å². The number of rotatable bonds is 4. The summed E-state index contributed by atoms with van der Waals surface area (Å²) in [5.74, 6) is -1.84. The van der Waals surface area contributed by atoms with Crippen LogP contribution in [0.4, 0.5) is 4.79 Å². The van der Waals surface area contributed by atoms with Crippen LogP contribution in [0.1, 0.15) is 26.7 Å². The number of hydrazone groups is 1. The van der Waals surface area contributed by atoms with Crippen molar-refractivity contribution >= 4 is 29.5 Å². The highest BCUT2D eigenvalue weighted by Crippen LogP contribution is 2.03. The number of hydrogen-bond donors (Lipinski definition) is 3. The van der Waals surface area contributed by atoms with Gasteiger partial charge in [0.1, 0.15) is 5.71 Å². The first-order chi connectivity index (χ1) is 9.43. The molecule has 1 aliphatic heterocycles. The summed E-state index contributed by atoms with van der Waals surface area (Å²) in [6.45, 7) is 3.39. The Hall–Kier alpha value is -2.45. The smallest absolute Gasteiger partial charge is 0.355 e. The summed E-state index contributed by atoms with van der Waals surface area (Å²) < 4.78 is 4.85. The van der Waals surface area contributed by atoms with Crippen molar-refractivity contribution in [3.63, 3.8) is 0 Å². The number of esters is 1. The van der Waals surface area contributed by atoms with Crippen LogP contribution in [0.25, 0.3) is 0 Å². The zero-order valence-electron chi connectivity index (χ0n) is 11.2. The molecule has 1 unspecified atom stereocenters. The predicted molar refractivity (Wildman–Crippen MR) is 67.6 cm³/mol. The molecule has 0 aromatic carbocycles. The number of nitrogens with zero attached hydrogens (tertiary/aromatic N) is 1. The summed E-state index contributed by atoms with van der Waals surface area (Å²) in [7, 11) is 0. The van der Waals surface area contributed by atoms with Gasteiger partial charge in [-0.05, 0) is 13.8 Å². The second kappa shape index (κ2) is 7.22. The van der Waals surface area contributed by atoms with Crippen molar-refractivity contribution in [1.82, 2.24) is 16.1 Å². The van der Waals surface area contributed by atoms with Crippen molar-refractivity contribution in [2.75, 3.05) is 6.54 Å². The van der Waals surface area contributed by atoms with Gasteiger partial charge in [0, 0.05) is 19.4 Å². The quantitative estimate of drug-likeness (QED) is 0.573. The van der Waals surface area contributed by atoms with Crippen molar-refractivity contribution in [1.29, 1.82) is 0 Å². The number of hydrogen-bond acceptors (Lipinski definition) is 6. The summed E-state index contributed by atoms with van der Waals surface area (Å²) in [5, 5.41) is 7.94. The van der Waals surface area contributed by atoms with E-state index in [1.807, 2.05) is 5.32 Å². The fourth-order valence-corrected chi connectivity index (χ4v) is 1.32. The van der Waals surface area contributed by atoms with Gasteiger partial charge in [0.2, 0.25) is 5.91 Å². The summed E-state index contributed by atoms with van der Waals surface area (Å²) in [4.78, 5) is 45.2. The number of urea groups is 1. The van der Waals surface area contributed by atoms with Crippen LogP contribution < -0.4 is 16.1 Å². The van der Waals surface area contributed by atoms with Crippen molar-refractivity contribution in [3.8, 4) is 0 Å². The average molecular weight is 284 g/mol. The van der Waals surface area contributed by atoms with Gasteiger partial charge >= 0.3 is 12.0 Å². The van der Waals surface area contributed by atoms with Crippen LogP contribution >= 0.6 is 0 Å². The van der Waals surface area contributed by atoms with Gasteiger partial charge in [0.05, 0.1) is 0 Å². The van der Waals surface area contributed by atoms with Crippen molar-refractivity contribution in [2.24, 2.45) is 5.10 Å². The highest BCUT2D eigenvalue weighted by molar-refractivity contribution is 6.37. The number of ether oxygens (including phenoxy) is 1. The highest BCUT2D eigenvalue weighted by atomic mass is 16.5. The standard InChI is InChI=1S/C11H16N4O5/c1-3-12-11(19)13-9(17)6(2)20-10(18)7-4-5-8(16)15-14-7/h6H,3-5H2,1-2H3,(H,15,16)(H2,12,13,17,19). The van der Waals surface area contributed by atoms with Crippen LogP contribution in [0.5, 0.6) is 0 Å². The molecule has 0 aromatic heterocycles. The molecule has 9 nitrogen and oxygen atoms in total. The normalized spacial score (nSPS) is 15.5. The number of carbonyl (C=O) groups is 4. The molecular formula is C11H16N4O5. The van der Waals surface area contributed by atoms with Gasteiger partial charge in [-0.2, -0.15) is 5.10 Å². The molecular weight excluding hydrogens is 268 g/mol. The molecule has 0 aromatic rings. The summed E-state index contributed by atoms with van der Waals surface area (Å²) in [6.07, 6.45) is -0.867. The first-order valence-corrected chi connectivity index (χ1v) is 6.09. The SMILES string of the molecule is CCNC(=O)NC(=O)C(C)OC(=O)C1=NNC(=O)CC1. The largest absolute Gasteiger partial charge is 0.448 e. The van der Waals surface area contributed by atoms with Gasteiger partial charge < -0.3 is 10.1 Å². The van der Waals surface area contributed by atoms with Gasteiger partial charge in [-0.25, -0.2) is 15.0 Å². The lowest BCUT2D eigenvalue weighted by molar-refractivity contribution is -0.148. The maximum atomic E-state index is 11.6. The Morgan fingerprint density at radius 2 is 2.10 bits per heavy atom. The summed E-state index contributed by atoms with van der Waals surface area (Å²) in [5.41, 5.74) is 2.18. The molecule has 4 amide bonds. The minimum Gasteiger partial charge on any atom is -0.448 e. The number of nitrogens with one attached hydrogen (secondary N) is 3. The topological polar surface area (TPSA) is 126 Å². The van der Waals surface area contributed by atoms with E-state index >= 15 is 0 Å². The Labute approximate surface area is 115 Å². The summed E-state index contributed by atoms with van der Waals surface area (Å²) in [6, 6.07) is -0.664. The maximum absolute atomic E-state index is 11.6. The van der Waals surface area contributed by atoms with Crippen LogP contribution in [-0.2, 0) is 19.1 Å². The molecule has 0 radical (unpaired) electrons. The Kier molecular flexibility index (Phi) is 5.63. The number of carbonyl (C=O) groups excluding carboxylic acids is 4. The zero-order chi connectivity index (χ0) is 15.1. The average Bonchev–Trinajstić information content (AvgIpc) is 2.39. The first-order valence-electron chi connectivity index (χ1n) is 6.09. The van der Waals surface area contributed by atoms with Gasteiger partial charge in [0.25, 0.3) is 5.91 Å². The Morgan fingerprint density at radius 3 is 2.65 bits per heavy atom. The Morgan fingerprint density at radius 1 is 1.40 bits per heavy atom. The van der Waals surface area contributed by atoms with Crippen molar-refractivity contribution < 1.29 is 23.9 Å². The van der Waals surface area contributed by atoms with E-state index < -0.39 is 24.0 Å². The van der Waals surface area contributed by atoms with Gasteiger partial charge in [-0.3, -0.25) is 14.9 Å². The van der Waals surface area contributed by atoms with Gasteiger partial charge in [-0.15, -0.1) is 0 Å². The third kappa shape index (κ3) is 4.67. The van der Waals surface area contributed by atoms with Crippen LogP contribution in [-0.4, -0.2) is 42.2 Å². The minimum absolute atomic E-state index is 0.0299. The zero-order valence-corrected chi connectivity index (χ0v) is 11.2. The molecule has 110 valence electrons. The maximum Gasteiger partial charge on any atom is 0.355 e. The van der Waals surface area contributed by atoms with E-state index in [4.69, 9.17) is 4.74 Å². The number of imide groups is 1. The van der Waals surface area contributed by atoms with Gasteiger partial charge in [-0.1, -0.05) is 0 Å². The lowest BCUT2D eigenvalue weighted by atomic mass is 10.2. The second-order valence-corrected chi connectivity index (χ2v) is 3.99. The van der Waals surface area contributed by atoms with E-state index in [-0.39, 0.29) is 24.5 Å². The Bertz CT molecular complexity index is 460. The van der Waals surface area contributed by atoms with E-state index in [2.05, 4.69) is 15.8 Å². The molecule has 1 heterocycles. The summed E-state index contributed by atoms with van der Waals surface area (Å²) >= 11 is 0. The fourth-order valence-electron chi connectivity index (χ4n) is 1.32. The van der Waals surface area contributed by atoms with Crippen LogP contribution in [0.3, 0.4) is 0 Å². The molecule has 0 saturated carbocycles. The lowest BCUT2D eigenvalue weighted by Gasteiger charge is -2.15. The minimum atomic E-state index is -1.15. The molecule has 0 aliphatic carbocycles. The molecule has 20 heavy (non-hydrogen) atoms.